The third kappa shape index (κ3) is 1.81. The fraction of sp³-hybridized carbons (Fsp3) is 0.286. The van der Waals surface area contributed by atoms with Crippen LogP contribution in [-0.2, 0) is 0 Å². The van der Waals surface area contributed by atoms with Gasteiger partial charge in [0.2, 0.25) is 0 Å². The number of aromatic nitrogens is 2. The highest BCUT2D eigenvalue weighted by molar-refractivity contribution is 5.99. The van der Waals surface area contributed by atoms with Gasteiger partial charge in [-0.25, -0.2) is 9.97 Å². The third-order valence-electron chi connectivity index (χ3n) is 1.26. The average molecular weight is 151 g/mol. The lowest BCUT2D eigenvalue weighted by atomic mass is 10.1. The predicted octanol–water partition coefficient (Wildman–Crippen LogP) is 0.00650. The Bertz CT molecular complexity index is 245. The van der Waals surface area contributed by atoms with E-state index in [1.54, 1.807) is 6.92 Å². The van der Waals surface area contributed by atoms with Crippen LogP contribution in [0.5, 0.6) is 0 Å². The molecule has 4 nitrogen and oxygen atoms in total. The predicted molar refractivity (Wildman–Crippen MR) is 40.0 cm³/mol. The van der Waals surface area contributed by atoms with Crippen molar-refractivity contribution in [2.24, 2.45) is 5.73 Å². The summed E-state index contributed by atoms with van der Waals surface area (Å²) in [5.41, 5.74) is 5.82. The van der Waals surface area contributed by atoms with E-state index in [0.717, 1.165) is 0 Å². The second-order valence-electron chi connectivity index (χ2n) is 2.28. The van der Waals surface area contributed by atoms with Crippen molar-refractivity contribution >= 4 is 5.78 Å². The van der Waals surface area contributed by atoms with Crippen LogP contribution in [0.4, 0.5) is 0 Å². The highest BCUT2D eigenvalue weighted by Gasteiger charge is 2.09. The van der Waals surface area contributed by atoms with Gasteiger partial charge in [-0.05, 0) is 6.92 Å². The molecule has 1 atom stereocenters. The Kier molecular flexibility index (Phi) is 2.28. The second-order valence-corrected chi connectivity index (χ2v) is 2.28. The summed E-state index contributed by atoms with van der Waals surface area (Å²) >= 11 is 0. The molecule has 1 aromatic heterocycles. The maximum atomic E-state index is 11.1. The third-order valence-corrected chi connectivity index (χ3v) is 1.26. The number of rotatable bonds is 2. The van der Waals surface area contributed by atoms with Gasteiger partial charge in [0.25, 0.3) is 0 Å². The van der Waals surface area contributed by atoms with E-state index in [1.807, 2.05) is 0 Å². The Hall–Kier alpha value is -1.29. The lowest BCUT2D eigenvalue weighted by molar-refractivity contribution is 0.0967. The Balaban J connectivity index is 2.86. The van der Waals surface area contributed by atoms with Gasteiger partial charge in [0.05, 0.1) is 11.6 Å². The average Bonchev–Trinajstić information content (AvgIpc) is 2.05. The van der Waals surface area contributed by atoms with Crippen LogP contribution < -0.4 is 5.73 Å². The van der Waals surface area contributed by atoms with Crippen molar-refractivity contribution in [3.8, 4) is 0 Å². The summed E-state index contributed by atoms with van der Waals surface area (Å²) < 4.78 is 0. The van der Waals surface area contributed by atoms with Gasteiger partial charge in [0.15, 0.2) is 5.78 Å². The number of nitrogens with zero attached hydrogens (tertiary/aromatic N) is 2. The molecule has 1 heterocycles. The number of hydrogen-bond donors (Lipinski definition) is 1. The molecule has 1 unspecified atom stereocenters. The molecule has 58 valence electrons. The first kappa shape index (κ1) is 7.81. The maximum absolute atomic E-state index is 11.1. The molecule has 11 heavy (non-hydrogen) atoms. The van der Waals surface area contributed by atoms with E-state index >= 15 is 0 Å². The van der Waals surface area contributed by atoms with Crippen LogP contribution in [-0.4, -0.2) is 21.8 Å². The zero-order chi connectivity index (χ0) is 8.27. The topological polar surface area (TPSA) is 68.9 Å². The molecule has 0 fully saturated rings. The maximum Gasteiger partial charge on any atom is 0.182 e. The minimum atomic E-state index is -0.485. The van der Waals surface area contributed by atoms with Crippen molar-refractivity contribution in [2.45, 2.75) is 13.0 Å². The molecule has 0 radical (unpaired) electrons. The van der Waals surface area contributed by atoms with Gasteiger partial charge in [0.1, 0.15) is 6.33 Å². The van der Waals surface area contributed by atoms with Crippen LogP contribution in [0.2, 0.25) is 0 Å². The fourth-order valence-corrected chi connectivity index (χ4v) is 0.689. The van der Waals surface area contributed by atoms with Gasteiger partial charge >= 0.3 is 0 Å². The molecule has 0 aliphatic carbocycles. The Morgan fingerprint density at radius 1 is 1.55 bits per heavy atom. The molecule has 0 aliphatic rings. The highest BCUT2D eigenvalue weighted by Crippen LogP contribution is 1.96. The van der Waals surface area contributed by atoms with Gasteiger partial charge in [-0.2, -0.15) is 0 Å². The first-order valence-corrected chi connectivity index (χ1v) is 3.26. The molecular formula is C7H9N3O. The van der Waals surface area contributed by atoms with E-state index in [2.05, 4.69) is 9.97 Å². The van der Waals surface area contributed by atoms with E-state index in [9.17, 15) is 4.79 Å². The molecule has 0 bridgehead atoms. The molecule has 0 saturated heterocycles. The first-order chi connectivity index (χ1) is 5.22. The number of ketones is 1. The van der Waals surface area contributed by atoms with Gasteiger partial charge in [-0.15, -0.1) is 0 Å². The summed E-state index contributed by atoms with van der Waals surface area (Å²) in [5.74, 6) is -0.134. The summed E-state index contributed by atoms with van der Waals surface area (Å²) in [5, 5.41) is 0. The van der Waals surface area contributed by atoms with Crippen LogP contribution in [0.1, 0.15) is 17.3 Å². The SMILES string of the molecule is CC(N)C(=O)c1cncnc1. The van der Waals surface area contributed by atoms with Crippen molar-refractivity contribution < 1.29 is 4.79 Å². The molecular weight excluding hydrogens is 142 g/mol. The van der Waals surface area contributed by atoms with Crippen molar-refractivity contribution in [2.75, 3.05) is 0 Å². The lowest BCUT2D eigenvalue weighted by Crippen LogP contribution is -2.26. The van der Waals surface area contributed by atoms with E-state index < -0.39 is 6.04 Å². The zero-order valence-electron chi connectivity index (χ0n) is 6.19. The van der Waals surface area contributed by atoms with Gasteiger partial charge < -0.3 is 5.73 Å². The van der Waals surface area contributed by atoms with Crippen LogP contribution in [0, 0.1) is 0 Å². The molecule has 0 saturated carbocycles. The van der Waals surface area contributed by atoms with Crippen LogP contribution in [0.25, 0.3) is 0 Å². The summed E-state index contributed by atoms with van der Waals surface area (Å²) in [6.07, 6.45) is 4.29. The molecule has 0 spiro atoms. The normalized spacial score (nSPS) is 12.5. The van der Waals surface area contributed by atoms with E-state index in [1.165, 1.54) is 18.7 Å². The fourth-order valence-electron chi connectivity index (χ4n) is 0.689. The van der Waals surface area contributed by atoms with Gasteiger partial charge in [-0.3, -0.25) is 4.79 Å². The van der Waals surface area contributed by atoms with E-state index in [4.69, 9.17) is 5.73 Å². The number of carbonyl (C=O) groups excluding carboxylic acids is 1. The van der Waals surface area contributed by atoms with E-state index in [0.29, 0.717) is 5.56 Å². The van der Waals surface area contributed by atoms with Crippen LogP contribution in [0.3, 0.4) is 0 Å². The first-order valence-electron chi connectivity index (χ1n) is 3.26. The van der Waals surface area contributed by atoms with E-state index in [-0.39, 0.29) is 5.78 Å². The number of nitrogens with two attached hydrogens (primary N) is 1. The second kappa shape index (κ2) is 3.21. The standard InChI is InChI=1S/C7H9N3O/c1-5(8)7(11)6-2-9-4-10-3-6/h2-5H,8H2,1H3. The summed E-state index contributed by atoms with van der Waals surface area (Å²) in [6, 6.07) is -0.485. The summed E-state index contributed by atoms with van der Waals surface area (Å²) in [4.78, 5) is 18.5. The number of Topliss-reactive ketones (excluding diaryl/α,β-unsaturated/α-hetero) is 1. The quantitative estimate of drug-likeness (QED) is 0.604. The minimum Gasteiger partial charge on any atom is -0.321 e. The Labute approximate surface area is 64.5 Å². The van der Waals surface area contributed by atoms with Crippen molar-refractivity contribution in [1.82, 2.24) is 9.97 Å². The molecule has 2 N–H and O–H groups in total. The van der Waals surface area contributed by atoms with Crippen LogP contribution in [0.15, 0.2) is 18.7 Å². The Morgan fingerprint density at radius 3 is 2.55 bits per heavy atom. The van der Waals surface area contributed by atoms with Gasteiger partial charge in [-0.1, -0.05) is 0 Å². The smallest absolute Gasteiger partial charge is 0.182 e. The van der Waals surface area contributed by atoms with Gasteiger partial charge in [0, 0.05) is 12.4 Å². The van der Waals surface area contributed by atoms with Crippen LogP contribution >= 0.6 is 0 Å². The van der Waals surface area contributed by atoms with Crippen molar-refractivity contribution in [1.29, 1.82) is 0 Å². The molecule has 4 heteroatoms. The molecule has 1 aromatic rings. The molecule has 0 amide bonds. The summed E-state index contributed by atoms with van der Waals surface area (Å²) in [6.45, 7) is 1.63. The Morgan fingerprint density at radius 2 is 2.09 bits per heavy atom. The monoisotopic (exact) mass is 151 g/mol. The molecule has 0 aliphatic heterocycles. The largest absolute Gasteiger partial charge is 0.321 e. The molecule has 0 aromatic carbocycles. The summed E-state index contributed by atoms with van der Waals surface area (Å²) in [7, 11) is 0. The number of carbonyl (C=O) groups is 1. The van der Waals surface area contributed by atoms with Crippen molar-refractivity contribution in [3.63, 3.8) is 0 Å². The molecule has 1 rings (SSSR count). The van der Waals surface area contributed by atoms with Crippen molar-refractivity contribution in [3.05, 3.63) is 24.3 Å². The minimum absolute atomic E-state index is 0.134. The lowest BCUT2D eigenvalue weighted by Gasteiger charge is -2.01. The highest BCUT2D eigenvalue weighted by atomic mass is 16.1. The number of hydrogen-bond acceptors (Lipinski definition) is 4. The zero-order valence-corrected chi connectivity index (χ0v) is 6.19.